The van der Waals surface area contributed by atoms with Gasteiger partial charge in [0, 0.05) is 34.9 Å². The SMILES string of the molecule is CCCCN1C(=NC2CCCCC2)SCC1CC(=O)Nc1ccc(Br)cc1.Cl. The molecule has 0 aromatic heterocycles. The number of halogens is 2. The molecule has 1 saturated heterocycles. The molecule has 1 aromatic carbocycles. The minimum Gasteiger partial charge on any atom is -0.347 e. The van der Waals surface area contributed by atoms with Crippen LogP contribution in [0.15, 0.2) is 33.7 Å². The van der Waals surface area contributed by atoms with Crippen LogP contribution in [0, 0.1) is 0 Å². The van der Waals surface area contributed by atoms with Gasteiger partial charge in [0.15, 0.2) is 5.17 Å². The van der Waals surface area contributed by atoms with Crippen LogP contribution in [0.3, 0.4) is 0 Å². The number of anilines is 1. The van der Waals surface area contributed by atoms with Crippen molar-refractivity contribution < 1.29 is 4.79 Å². The van der Waals surface area contributed by atoms with E-state index in [1.165, 1.54) is 37.3 Å². The number of carbonyl (C=O) groups excluding carboxylic acids is 1. The lowest BCUT2D eigenvalue weighted by molar-refractivity contribution is -0.116. The van der Waals surface area contributed by atoms with E-state index < -0.39 is 0 Å². The lowest BCUT2D eigenvalue weighted by Gasteiger charge is -2.27. The molecule has 2 fully saturated rings. The van der Waals surface area contributed by atoms with Crippen LogP contribution in [-0.4, -0.2) is 40.4 Å². The van der Waals surface area contributed by atoms with E-state index in [0.29, 0.717) is 12.5 Å². The van der Waals surface area contributed by atoms with Gasteiger partial charge in [-0.15, -0.1) is 12.4 Å². The third kappa shape index (κ3) is 6.96. The van der Waals surface area contributed by atoms with Gasteiger partial charge in [0.05, 0.1) is 6.04 Å². The molecule has 1 atom stereocenters. The summed E-state index contributed by atoms with van der Waals surface area (Å²) >= 11 is 5.27. The fourth-order valence-electron chi connectivity index (χ4n) is 3.71. The molecule has 1 saturated carbocycles. The molecule has 0 radical (unpaired) electrons. The number of nitrogens with zero attached hydrogens (tertiary/aromatic N) is 2. The van der Waals surface area contributed by atoms with E-state index >= 15 is 0 Å². The van der Waals surface area contributed by atoms with Crippen LogP contribution in [-0.2, 0) is 4.79 Å². The number of hydrogen-bond acceptors (Lipinski definition) is 3. The summed E-state index contributed by atoms with van der Waals surface area (Å²) in [6.45, 7) is 3.22. The molecule has 1 aliphatic heterocycles. The molecule has 1 aliphatic carbocycles. The fourth-order valence-corrected chi connectivity index (χ4v) is 5.25. The van der Waals surface area contributed by atoms with Crippen molar-refractivity contribution >= 4 is 56.9 Å². The highest BCUT2D eigenvalue weighted by Crippen LogP contribution is 2.30. The van der Waals surface area contributed by atoms with Crippen LogP contribution < -0.4 is 5.32 Å². The molecule has 1 amide bonds. The number of benzene rings is 1. The summed E-state index contributed by atoms with van der Waals surface area (Å²) in [6, 6.07) is 8.49. The number of nitrogens with one attached hydrogen (secondary N) is 1. The Bertz CT molecular complexity index is 650. The van der Waals surface area contributed by atoms with Crippen molar-refractivity contribution in [3.05, 3.63) is 28.7 Å². The Morgan fingerprint density at radius 3 is 2.64 bits per heavy atom. The summed E-state index contributed by atoms with van der Waals surface area (Å²) in [5.41, 5.74) is 0.852. The first-order valence-corrected chi connectivity index (χ1v) is 12.0. The van der Waals surface area contributed by atoms with E-state index in [0.717, 1.165) is 35.3 Å². The summed E-state index contributed by atoms with van der Waals surface area (Å²) in [6.07, 6.45) is 9.25. The molecule has 0 spiro atoms. The first kappa shape index (κ1) is 23.6. The van der Waals surface area contributed by atoms with E-state index in [4.69, 9.17) is 4.99 Å². The third-order valence-corrected chi connectivity index (χ3v) is 6.94. The van der Waals surface area contributed by atoms with E-state index in [2.05, 4.69) is 33.1 Å². The van der Waals surface area contributed by atoms with Gasteiger partial charge < -0.3 is 10.2 Å². The molecule has 156 valence electrons. The lowest BCUT2D eigenvalue weighted by Crippen LogP contribution is -2.38. The van der Waals surface area contributed by atoms with Crippen molar-refractivity contribution in [3.63, 3.8) is 0 Å². The highest BCUT2D eigenvalue weighted by Gasteiger charge is 2.32. The number of aliphatic imine (C=N–C) groups is 1. The average molecular weight is 489 g/mol. The van der Waals surface area contributed by atoms with E-state index in [9.17, 15) is 4.79 Å². The Morgan fingerprint density at radius 2 is 1.96 bits per heavy atom. The number of hydrogen-bond donors (Lipinski definition) is 1. The Morgan fingerprint density at radius 1 is 1.25 bits per heavy atom. The van der Waals surface area contributed by atoms with Crippen molar-refractivity contribution in [3.8, 4) is 0 Å². The zero-order valence-corrected chi connectivity index (χ0v) is 19.8. The summed E-state index contributed by atoms with van der Waals surface area (Å²) in [5, 5.41) is 4.21. The number of thioether (sulfide) groups is 1. The Hall–Kier alpha value is -0.720. The van der Waals surface area contributed by atoms with Crippen LogP contribution in [0.25, 0.3) is 0 Å². The largest absolute Gasteiger partial charge is 0.347 e. The van der Waals surface area contributed by atoms with Gasteiger partial charge in [-0.3, -0.25) is 9.79 Å². The zero-order valence-electron chi connectivity index (χ0n) is 16.5. The number of carbonyl (C=O) groups is 1. The predicted octanol–water partition coefficient (Wildman–Crippen LogP) is 6.11. The van der Waals surface area contributed by atoms with E-state index in [1.807, 2.05) is 36.0 Å². The molecule has 7 heteroatoms. The standard InChI is InChI=1S/C21H30BrN3OS.ClH/c1-2-3-13-25-19(14-20(26)23-18-11-9-16(22)10-12-18)15-27-21(25)24-17-7-5-4-6-8-17;/h9-12,17,19H,2-8,13-15H2,1H3,(H,23,26);1H. The van der Waals surface area contributed by atoms with Gasteiger partial charge >= 0.3 is 0 Å². The second kappa shape index (κ2) is 12.1. The van der Waals surface area contributed by atoms with Crippen molar-refractivity contribution in [1.82, 2.24) is 4.90 Å². The summed E-state index contributed by atoms with van der Waals surface area (Å²) in [4.78, 5) is 20.1. The first-order chi connectivity index (χ1) is 13.2. The highest BCUT2D eigenvalue weighted by molar-refractivity contribution is 9.10. The predicted molar refractivity (Wildman–Crippen MR) is 127 cm³/mol. The van der Waals surface area contributed by atoms with Crippen molar-refractivity contribution in [1.29, 1.82) is 0 Å². The van der Waals surface area contributed by atoms with E-state index in [-0.39, 0.29) is 24.4 Å². The Kier molecular flexibility index (Phi) is 10.2. The van der Waals surface area contributed by atoms with Gasteiger partial charge in [-0.05, 0) is 43.5 Å². The van der Waals surface area contributed by atoms with Gasteiger partial charge in [-0.1, -0.05) is 60.3 Å². The molecule has 2 aliphatic rings. The highest BCUT2D eigenvalue weighted by atomic mass is 79.9. The van der Waals surface area contributed by atoms with Gasteiger partial charge in [0.1, 0.15) is 0 Å². The number of amidine groups is 1. The molecule has 1 aromatic rings. The summed E-state index contributed by atoms with van der Waals surface area (Å²) < 4.78 is 1.02. The second-order valence-electron chi connectivity index (χ2n) is 7.47. The smallest absolute Gasteiger partial charge is 0.226 e. The molecule has 3 rings (SSSR count). The topological polar surface area (TPSA) is 44.7 Å². The van der Waals surface area contributed by atoms with E-state index in [1.54, 1.807) is 0 Å². The molecular weight excluding hydrogens is 458 g/mol. The van der Waals surface area contributed by atoms with Gasteiger partial charge in [-0.2, -0.15) is 0 Å². The maximum atomic E-state index is 12.6. The fraction of sp³-hybridized carbons (Fsp3) is 0.619. The van der Waals surface area contributed by atoms with Crippen LogP contribution in [0.5, 0.6) is 0 Å². The average Bonchev–Trinajstić information content (AvgIpc) is 3.03. The number of unbranched alkanes of at least 4 members (excludes halogenated alkanes) is 1. The third-order valence-electron chi connectivity index (χ3n) is 5.26. The van der Waals surface area contributed by atoms with Crippen molar-refractivity contribution in [2.45, 2.75) is 70.4 Å². The maximum absolute atomic E-state index is 12.6. The quantitative estimate of drug-likeness (QED) is 0.504. The molecule has 1 N–H and O–H groups in total. The zero-order chi connectivity index (χ0) is 19.1. The first-order valence-electron chi connectivity index (χ1n) is 10.2. The minimum absolute atomic E-state index is 0. The van der Waals surface area contributed by atoms with Gasteiger partial charge in [0.25, 0.3) is 0 Å². The maximum Gasteiger partial charge on any atom is 0.226 e. The van der Waals surface area contributed by atoms with Crippen LogP contribution >= 0.6 is 40.1 Å². The lowest BCUT2D eigenvalue weighted by atomic mass is 9.96. The molecular formula is C21H31BrClN3OS. The van der Waals surface area contributed by atoms with Crippen LogP contribution in [0.4, 0.5) is 5.69 Å². The Labute approximate surface area is 187 Å². The number of amides is 1. The summed E-state index contributed by atoms with van der Waals surface area (Å²) in [7, 11) is 0. The van der Waals surface area contributed by atoms with Crippen molar-refractivity contribution in [2.75, 3.05) is 17.6 Å². The van der Waals surface area contributed by atoms with Crippen LogP contribution in [0.2, 0.25) is 0 Å². The molecule has 1 heterocycles. The molecule has 1 unspecified atom stereocenters. The second-order valence-corrected chi connectivity index (χ2v) is 9.38. The monoisotopic (exact) mass is 487 g/mol. The molecule has 4 nitrogen and oxygen atoms in total. The normalized spacial score (nSPS) is 21.6. The number of rotatable bonds is 7. The van der Waals surface area contributed by atoms with Gasteiger partial charge in [-0.25, -0.2) is 0 Å². The summed E-state index contributed by atoms with van der Waals surface area (Å²) in [5.74, 6) is 1.05. The van der Waals surface area contributed by atoms with Gasteiger partial charge in [0.2, 0.25) is 5.91 Å². The molecule has 28 heavy (non-hydrogen) atoms. The molecule has 0 bridgehead atoms. The van der Waals surface area contributed by atoms with Crippen LogP contribution in [0.1, 0.15) is 58.3 Å². The Balaban J connectivity index is 0.00000280. The minimum atomic E-state index is 0. The van der Waals surface area contributed by atoms with Crippen molar-refractivity contribution in [2.24, 2.45) is 4.99 Å².